The van der Waals surface area contributed by atoms with Gasteiger partial charge in [0.1, 0.15) is 18.2 Å². The van der Waals surface area contributed by atoms with E-state index in [0.717, 1.165) is 10.6 Å². The van der Waals surface area contributed by atoms with Gasteiger partial charge in [-0.05, 0) is 0 Å². The van der Waals surface area contributed by atoms with E-state index in [1.54, 1.807) is 0 Å². The summed E-state index contributed by atoms with van der Waals surface area (Å²) in [7, 11) is 0. The Balaban J connectivity index is 2.38. The van der Waals surface area contributed by atoms with Crippen LogP contribution in [0.15, 0.2) is 21.9 Å². The molecule has 1 aliphatic rings. The molecule has 104 valence electrons. The number of aliphatic hydroxyl groups is 2. The van der Waals surface area contributed by atoms with Crippen LogP contribution in [0.5, 0.6) is 0 Å². The molecule has 0 aromatic carbocycles. The average molecular weight is 271 g/mol. The number of rotatable bonds is 4. The second-order valence-electron chi connectivity index (χ2n) is 4.07. The molecule has 9 nitrogen and oxygen atoms in total. The summed E-state index contributed by atoms with van der Waals surface area (Å²) in [5, 5.41) is 21.2. The normalized spacial score (nSPS) is 30.2. The molecule has 4 N–H and O–H groups in total. The molecule has 2 rings (SSSR count). The van der Waals surface area contributed by atoms with Gasteiger partial charge in [0.25, 0.3) is 5.56 Å². The van der Waals surface area contributed by atoms with Gasteiger partial charge in [0.15, 0.2) is 6.23 Å². The van der Waals surface area contributed by atoms with E-state index >= 15 is 0 Å². The van der Waals surface area contributed by atoms with Crippen molar-refractivity contribution in [1.82, 2.24) is 14.9 Å². The Morgan fingerprint density at radius 1 is 1.53 bits per heavy atom. The quantitative estimate of drug-likeness (QED) is 0.429. The molecule has 2 heterocycles. The number of carbonyl (C=O) groups excluding carboxylic acids is 1. The summed E-state index contributed by atoms with van der Waals surface area (Å²) in [6, 6.07) is 0.208. The van der Waals surface area contributed by atoms with E-state index in [2.05, 4.69) is 5.32 Å². The lowest BCUT2D eigenvalue weighted by Gasteiger charge is -2.20. The van der Waals surface area contributed by atoms with Gasteiger partial charge >= 0.3 is 5.69 Å². The second-order valence-corrected chi connectivity index (χ2v) is 4.07. The highest BCUT2D eigenvalue weighted by molar-refractivity contribution is 5.47. The Morgan fingerprint density at radius 2 is 2.26 bits per heavy atom. The van der Waals surface area contributed by atoms with E-state index in [0.29, 0.717) is 6.41 Å². The first-order chi connectivity index (χ1) is 9.08. The molecule has 1 amide bonds. The lowest BCUT2D eigenvalue weighted by molar-refractivity contribution is -0.111. The van der Waals surface area contributed by atoms with Crippen molar-refractivity contribution in [3.63, 3.8) is 0 Å². The summed E-state index contributed by atoms with van der Waals surface area (Å²) >= 11 is 0. The number of aromatic amines is 1. The summed E-state index contributed by atoms with van der Waals surface area (Å²) in [6.07, 6.45) is -1.56. The standard InChI is InChI=1S/C10H13N3O6/c14-3-5-8(17)7(11-4-15)9(19-5)13-2-1-6(16)12-10(13)18/h1-2,4-5,7-9,14,17H,3H2,(H,11,15)(H,12,16,18)/t5-,7+,8?,9-/m1/s1. The molecule has 0 bridgehead atoms. The fourth-order valence-corrected chi connectivity index (χ4v) is 2.02. The predicted octanol–water partition coefficient (Wildman–Crippen LogP) is -3.10. The van der Waals surface area contributed by atoms with Crippen LogP contribution in [-0.4, -0.2) is 51.0 Å². The van der Waals surface area contributed by atoms with Crippen LogP contribution in [-0.2, 0) is 9.53 Å². The number of hydrogen-bond acceptors (Lipinski definition) is 6. The molecule has 1 unspecified atom stereocenters. The van der Waals surface area contributed by atoms with Crippen molar-refractivity contribution in [2.75, 3.05) is 6.61 Å². The summed E-state index contributed by atoms with van der Waals surface area (Å²) in [5.74, 6) is 0. The molecule has 0 spiro atoms. The Kier molecular flexibility index (Phi) is 3.79. The maximum absolute atomic E-state index is 11.6. The minimum atomic E-state index is -1.17. The number of nitrogens with zero attached hydrogens (tertiary/aromatic N) is 1. The van der Waals surface area contributed by atoms with Gasteiger partial charge in [-0.25, -0.2) is 4.79 Å². The van der Waals surface area contributed by atoms with Crippen LogP contribution in [0.4, 0.5) is 0 Å². The summed E-state index contributed by atoms with van der Waals surface area (Å²) < 4.78 is 6.34. The maximum atomic E-state index is 11.6. The molecule has 1 aromatic rings. The zero-order chi connectivity index (χ0) is 14.0. The fraction of sp³-hybridized carbons (Fsp3) is 0.500. The Morgan fingerprint density at radius 3 is 2.84 bits per heavy atom. The molecule has 9 heteroatoms. The average Bonchev–Trinajstić information content (AvgIpc) is 2.68. The van der Waals surface area contributed by atoms with Crippen molar-refractivity contribution in [2.45, 2.75) is 24.5 Å². The van der Waals surface area contributed by atoms with E-state index < -0.39 is 42.3 Å². The highest BCUT2D eigenvalue weighted by Crippen LogP contribution is 2.27. The highest BCUT2D eigenvalue weighted by atomic mass is 16.5. The summed E-state index contributed by atoms with van der Waals surface area (Å²) in [4.78, 5) is 35.2. The second kappa shape index (κ2) is 5.34. The molecule has 1 fully saturated rings. The van der Waals surface area contributed by atoms with Gasteiger partial charge in [-0.2, -0.15) is 0 Å². The van der Waals surface area contributed by atoms with Crippen molar-refractivity contribution in [3.8, 4) is 0 Å². The molecule has 1 saturated heterocycles. The molecular formula is C10H13N3O6. The molecule has 4 atom stereocenters. The zero-order valence-electron chi connectivity index (χ0n) is 9.72. The SMILES string of the molecule is O=CN[C@H]1C(O)[C@@H](CO)O[C@H]1n1ccc(=O)[nH]c1=O. The van der Waals surface area contributed by atoms with Crippen molar-refractivity contribution in [3.05, 3.63) is 33.1 Å². The van der Waals surface area contributed by atoms with Crippen LogP contribution in [0.1, 0.15) is 6.23 Å². The third-order valence-electron chi connectivity index (χ3n) is 2.94. The number of ether oxygens (including phenoxy) is 1. The third-order valence-corrected chi connectivity index (χ3v) is 2.94. The van der Waals surface area contributed by atoms with Gasteiger partial charge in [0.2, 0.25) is 6.41 Å². The van der Waals surface area contributed by atoms with Crippen molar-refractivity contribution < 1.29 is 19.7 Å². The van der Waals surface area contributed by atoms with Gasteiger partial charge < -0.3 is 20.3 Å². The van der Waals surface area contributed by atoms with Crippen LogP contribution in [0.25, 0.3) is 0 Å². The first kappa shape index (κ1) is 13.5. The fourth-order valence-electron chi connectivity index (χ4n) is 2.02. The van der Waals surface area contributed by atoms with Crippen LogP contribution in [0.3, 0.4) is 0 Å². The predicted molar refractivity (Wildman–Crippen MR) is 61.3 cm³/mol. The van der Waals surface area contributed by atoms with E-state index in [1.807, 2.05) is 4.98 Å². The molecule has 19 heavy (non-hydrogen) atoms. The largest absolute Gasteiger partial charge is 0.394 e. The topological polar surface area (TPSA) is 134 Å². The monoisotopic (exact) mass is 271 g/mol. The summed E-state index contributed by atoms with van der Waals surface area (Å²) in [5.41, 5.74) is -1.31. The number of amides is 1. The zero-order valence-corrected chi connectivity index (χ0v) is 9.72. The first-order valence-electron chi connectivity index (χ1n) is 5.54. The van der Waals surface area contributed by atoms with E-state index in [9.17, 15) is 19.5 Å². The Hall–Kier alpha value is -1.97. The third kappa shape index (κ3) is 2.43. The maximum Gasteiger partial charge on any atom is 0.330 e. The number of H-pyrrole nitrogens is 1. The van der Waals surface area contributed by atoms with Gasteiger partial charge in [0, 0.05) is 12.3 Å². The first-order valence-corrected chi connectivity index (χ1v) is 5.54. The van der Waals surface area contributed by atoms with Gasteiger partial charge in [-0.3, -0.25) is 19.1 Å². The Bertz CT molecular complexity index is 567. The van der Waals surface area contributed by atoms with Gasteiger partial charge in [-0.1, -0.05) is 0 Å². The van der Waals surface area contributed by atoms with Crippen molar-refractivity contribution in [1.29, 1.82) is 0 Å². The van der Waals surface area contributed by atoms with Gasteiger partial charge in [-0.15, -0.1) is 0 Å². The number of carbonyl (C=O) groups is 1. The van der Waals surface area contributed by atoms with E-state index in [1.165, 1.54) is 6.20 Å². The van der Waals surface area contributed by atoms with Crippen LogP contribution in [0.2, 0.25) is 0 Å². The van der Waals surface area contributed by atoms with Crippen molar-refractivity contribution in [2.24, 2.45) is 0 Å². The van der Waals surface area contributed by atoms with Crippen LogP contribution < -0.4 is 16.6 Å². The Labute approximate surface area is 106 Å². The van der Waals surface area contributed by atoms with Gasteiger partial charge in [0.05, 0.1) is 6.61 Å². The molecular weight excluding hydrogens is 258 g/mol. The van der Waals surface area contributed by atoms with Crippen LogP contribution in [0, 0.1) is 0 Å². The van der Waals surface area contributed by atoms with E-state index in [4.69, 9.17) is 9.84 Å². The lowest BCUT2D eigenvalue weighted by atomic mass is 10.1. The lowest BCUT2D eigenvalue weighted by Crippen LogP contribution is -2.45. The molecule has 0 saturated carbocycles. The summed E-state index contributed by atoms with van der Waals surface area (Å²) in [6.45, 7) is -0.465. The number of nitrogens with one attached hydrogen (secondary N) is 2. The van der Waals surface area contributed by atoms with Crippen LogP contribution >= 0.6 is 0 Å². The highest BCUT2D eigenvalue weighted by Gasteiger charge is 2.44. The minimum Gasteiger partial charge on any atom is -0.394 e. The number of aliphatic hydroxyl groups excluding tert-OH is 2. The van der Waals surface area contributed by atoms with E-state index in [-0.39, 0.29) is 0 Å². The number of hydrogen-bond donors (Lipinski definition) is 4. The molecule has 1 aliphatic heterocycles. The molecule has 1 aromatic heterocycles. The minimum absolute atomic E-state index is 0.362. The molecule has 0 aliphatic carbocycles. The van der Waals surface area contributed by atoms with Crippen molar-refractivity contribution >= 4 is 6.41 Å². The number of aromatic nitrogens is 2. The molecule has 0 radical (unpaired) electrons. The smallest absolute Gasteiger partial charge is 0.330 e.